The predicted molar refractivity (Wildman–Crippen MR) is 33.5 cm³/mol. The van der Waals surface area contributed by atoms with Crippen LogP contribution in [-0.2, 0) is 0 Å². The molecular formula is C7H10O. The summed E-state index contributed by atoms with van der Waals surface area (Å²) in [4.78, 5) is 0. The Labute approximate surface area is 49.3 Å². The van der Waals surface area contributed by atoms with Crippen LogP contribution in [0.3, 0.4) is 0 Å². The molecule has 0 aromatic rings. The Bertz CT molecular complexity index is 110. The van der Waals surface area contributed by atoms with Crippen LogP contribution in [0.25, 0.3) is 0 Å². The fourth-order valence-corrected chi connectivity index (χ4v) is 0.771. The quantitative estimate of drug-likeness (QED) is 0.536. The normalized spacial score (nSPS) is 22.2. The second-order valence-electron chi connectivity index (χ2n) is 2.09. The highest BCUT2D eigenvalue weighted by Gasteiger charge is 2.08. The second kappa shape index (κ2) is 2.14. The molecule has 0 spiro atoms. The van der Waals surface area contributed by atoms with Crippen LogP contribution in [0.5, 0.6) is 0 Å². The van der Waals surface area contributed by atoms with Crippen molar-refractivity contribution in [3.63, 3.8) is 0 Å². The highest BCUT2D eigenvalue weighted by molar-refractivity contribution is 5.18. The minimum atomic E-state index is -0.231. The zero-order valence-electron chi connectivity index (χ0n) is 4.91. The highest BCUT2D eigenvalue weighted by Crippen LogP contribution is 2.12. The van der Waals surface area contributed by atoms with Crippen LogP contribution in [0.2, 0.25) is 0 Å². The van der Waals surface area contributed by atoms with E-state index in [-0.39, 0.29) is 12.0 Å². The van der Waals surface area contributed by atoms with Crippen LogP contribution in [0, 0.1) is 5.92 Å². The van der Waals surface area contributed by atoms with Gasteiger partial charge in [-0.05, 0) is 6.92 Å². The number of hydrogen-bond acceptors (Lipinski definition) is 1. The number of rotatable bonds is 1. The molecule has 0 aromatic heterocycles. The summed E-state index contributed by atoms with van der Waals surface area (Å²) >= 11 is 0. The minimum absolute atomic E-state index is 0.231. The van der Waals surface area contributed by atoms with Gasteiger partial charge in [0.25, 0.3) is 0 Å². The summed E-state index contributed by atoms with van der Waals surface area (Å²) in [6, 6.07) is 0. The first kappa shape index (κ1) is 5.57. The molecule has 0 amide bonds. The lowest BCUT2D eigenvalue weighted by Crippen LogP contribution is -2.09. The molecule has 1 rings (SSSR count). The molecule has 44 valence electrons. The zero-order valence-corrected chi connectivity index (χ0v) is 4.91. The average Bonchev–Trinajstić information content (AvgIpc) is 2.12. The average molecular weight is 110 g/mol. The van der Waals surface area contributed by atoms with E-state index in [1.54, 1.807) is 6.92 Å². The first-order valence-corrected chi connectivity index (χ1v) is 2.84. The van der Waals surface area contributed by atoms with E-state index >= 15 is 0 Å². The van der Waals surface area contributed by atoms with Gasteiger partial charge in [-0.25, -0.2) is 0 Å². The summed E-state index contributed by atoms with van der Waals surface area (Å²) < 4.78 is 0. The van der Waals surface area contributed by atoms with E-state index in [0.29, 0.717) is 0 Å². The molecule has 1 aliphatic carbocycles. The molecule has 0 saturated carbocycles. The third-order valence-corrected chi connectivity index (χ3v) is 1.33. The summed E-state index contributed by atoms with van der Waals surface area (Å²) in [5.74, 6) is 0.259. The smallest absolute Gasteiger partial charge is 0.0609 e. The van der Waals surface area contributed by atoms with Gasteiger partial charge in [0.15, 0.2) is 0 Å². The third-order valence-electron chi connectivity index (χ3n) is 1.33. The van der Waals surface area contributed by atoms with E-state index in [1.807, 2.05) is 24.3 Å². The zero-order chi connectivity index (χ0) is 5.98. The standard InChI is InChI=1S/C7H10O/c1-6(8)7-4-2-3-5-7/h2-8H,1H3. The molecule has 1 heteroatoms. The molecule has 0 saturated heterocycles. The molecule has 1 nitrogen and oxygen atoms in total. The predicted octanol–water partition coefficient (Wildman–Crippen LogP) is 1.11. The maximum atomic E-state index is 8.95. The molecule has 0 radical (unpaired) electrons. The van der Waals surface area contributed by atoms with Gasteiger partial charge in [-0.1, -0.05) is 24.3 Å². The van der Waals surface area contributed by atoms with Crippen molar-refractivity contribution in [1.82, 2.24) is 0 Å². The molecule has 1 unspecified atom stereocenters. The SMILES string of the molecule is CC(O)C1C=CC=C1. The van der Waals surface area contributed by atoms with E-state index < -0.39 is 0 Å². The summed E-state index contributed by atoms with van der Waals surface area (Å²) in [6.45, 7) is 1.80. The largest absolute Gasteiger partial charge is 0.392 e. The van der Waals surface area contributed by atoms with Crippen molar-refractivity contribution < 1.29 is 5.11 Å². The molecular weight excluding hydrogens is 100 g/mol. The first-order valence-electron chi connectivity index (χ1n) is 2.84. The van der Waals surface area contributed by atoms with Gasteiger partial charge in [-0.3, -0.25) is 0 Å². The maximum absolute atomic E-state index is 8.95. The van der Waals surface area contributed by atoms with Gasteiger partial charge in [0.2, 0.25) is 0 Å². The maximum Gasteiger partial charge on any atom is 0.0609 e. The molecule has 0 aromatic carbocycles. The van der Waals surface area contributed by atoms with Crippen molar-refractivity contribution >= 4 is 0 Å². The number of aliphatic hydroxyl groups excluding tert-OH is 1. The van der Waals surface area contributed by atoms with Gasteiger partial charge in [-0.2, -0.15) is 0 Å². The fourth-order valence-electron chi connectivity index (χ4n) is 0.771. The molecule has 0 fully saturated rings. The van der Waals surface area contributed by atoms with Crippen LogP contribution in [0.4, 0.5) is 0 Å². The lowest BCUT2D eigenvalue weighted by Gasteiger charge is -2.06. The van der Waals surface area contributed by atoms with Crippen LogP contribution in [0.1, 0.15) is 6.92 Å². The van der Waals surface area contributed by atoms with Gasteiger partial charge in [-0.15, -0.1) is 0 Å². The van der Waals surface area contributed by atoms with Gasteiger partial charge >= 0.3 is 0 Å². The van der Waals surface area contributed by atoms with E-state index in [2.05, 4.69) is 0 Å². The van der Waals surface area contributed by atoms with Crippen molar-refractivity contribution in [2.75, 3.05) is 0 Å². The Hall–Kier alpha value is -0.560. The Balaban J connectivity index is 2.49. The molecule has 0 bridgehead atoms. The summed E-state index contributed by atoms with van der Waals surface area (Å²) in [6.07, 6.45) is 7.66. The molecule has 1 atom stereocenters. The number of allylic oxidation sites excluding steroid dienone is 2. The lowest BCUT2D eigenvalue weighted by atomic mass is 10.1. The minimum Gasteiger partial charge on any atom is -0.392 e. The van der Waals surface area contributed by atoms with Crippen molar-refractivity contribution in [2.45, 2.75) is 13.0 Å². The second-order valence-corrected chi connectivity index (χ2v) is 2.09. The summed E-state index contributed by atoms with van der Waals surface area (Å²) in [5, 5.41) is 8.95. The van der Waals surface area contributed by atoms with Gasteiger partial charge in [0.1, 0.15) is 0 Å². The van der Waals surface area contributed by atoms with Crippen molar-refractivity contribution in [2.24, 2.45) is 5.92 Å². The Morgan fingerprint density at radius 2 is 1.88 bits per heavy atom. The summed E-state index contributed by atoms with van der Waals surface area (Å²) in [7, 11) is 0. The van der Waals surface area contributed by atoms with E-state index in [9.17, 15) is 0 Å². The van der Waals surface area contributed by atoms with Crippen molar-refractivity contribution in [1.29, 1.82) is 0 Å². The van der Waals surface area contributed by atoms with Crippen LogP contribution >= 0.6 is 0 Å². The monoisotopic (exact) mass is 110 g/mol. The first-order chi connectivity index (χ1) is 3.80. The number of hydrogen-bond donors (Lipinski definition) is 1. The Morgan fingerprint density at radius 1 is 1.38 bits per heavy atom. The van der Waals surface area contributed by atoms with Gasteiger partial charge < -0.3 is 5.11 Å². The molecule has 0 aliphatic heterocycles. The fraction of sp³-hybridized carbons (Fsp3) is 0.429. The van der Waals surface area contributed by atoms with Crippen LogP contribution in [0.15, 0.2) is 24.3 Å². The van der Waals surface area contributed by atoms with E-state index in [4.69, 9.17) is 5.11 Å². The summed E-state index contributed by atoms with van der Waals surface area (Å²) in [5.41, 5.74) is 0. The molecule has 8 heavy (non-hydrogen) atoms. The highest BCUT2D eigenvalue weighted by atomic mass is 16.3. The molecule has 0 heterocycles. The van der Waals surface area contributed by atoms with Crippen molar-refractivity contribution in [3.8, 4) is 0 Å². The number of aliphatic hydroxyl groups is 1. The van der Waals surface area contributed by atoms with E-state index in [1.165, 1.54) is 0 Å². The van der Waals surface area contributed by atoms with E-state index in [0.717, 1.165) is 0 Å². The van der Waals surface area contributed by atoms with Crippen molar-refractivity contribution in [3.05, 3.63) is 24.3 Å². The topological polar surface area (TPSA) is 20.2 Å². The van der Waals surface area contributed by atoms with Crippen LogP contribution in [-0.4, -0.2) is 11.2 Å². The third kappa shape index (κ3) is 0.984. The molecule has 1 N–H and O–H groups in total. The lowest BCUT2D eigenvalue weighted by molar-refractivity contribution is 0.169. The Kier molecular flexibility index (Phi) is 1.49. The molecule has 1 aliphatic rings. The van der Waals surface area contributed by atoms with Gasteiger partial charge in [0.05, 0.1) is 6.10 Å². The van der Waals surface area contributed by atoms with Crippen LogP contribution < -0.4 is 0 Å². The Morgan fingerprint density at radius 3 is 2.12 bits per heavy atom. The van der Waals surface area contributed by atoms with Gasteiger partial charge in [0, 0.05) is 5.92 Å².